The minimum Gasteiger partial charge on any atom is -0.322 e. The molecular formula is C21H21ClN4. The number of fused-ring (bicyclic) bond motifs is 1. The highest BCUT2D eigenvalue weighted by Crippen LogP contribution is 2.20. The maximum atomic E-state index is 9.56. The fourth-order valence-corrected chi connectivity index (χ4v) is 3.75. The second-order valence-electron chi connectivity index (χ2n) is 6.81. The first-order chi connectivity index (χ1) is 12.7. The average Bonchev–Trinajstić information content (AvgIpc) is 3.02. The summed E-state index contributed by atoms with van der Waals surface area (Å²) in [4.78, 5) is 4.91. The Hall–Kier alpha value is -2.32. The molecule has 1 aliphatic heterocycles. The Kier molecular flexibility index (Phi) is 4.94. The molecule has 3 aromatic rings. The van der Waals surface area contributed by atoms with Crippen LogP contribution in [0.25, 0.3) is 5.52 Å². The van der Waals surface area contributed by atoms with Crippen molar-refractivity contribution in [2.45, 2.75) is 13.1 Å². The lowest BCUT2D eigenvalue weighted by molar-refractivity contribution is 0.122. The lowest BCUT2D eigenvalue weighted by Gasteiger charge is -2.34. The number of hydrogen-bond acceptors (Lipinski definition) is 3. The zero-order chi connectivity index (χ0) is 17.9. The van der Waals surface area contributed by atoms with Crippen LogP contribution in [0.15, 0.2) is 54.9 Å². The molecule has 0 atom stereocenters. The summed E-state index contributed by atoms with van der Waals surface area (Å²) in [5.74, 6) is 0. The first-order valence-corrected chi connectivity index (χ1v) is 9.28. The van der Waals surface area contributed by atoms with E-state index in [1.165, 1.54) is 5.56 Å². The SMILES string of the molecule is N#Cc1c(CN2CCN(Cc3ccc(Cl)cc3)CC2)cn2ccccc12. The highest BCUT2D eigenvalue weighted by molar-refractivity contribution is 6.30. The van der Waals surface area contributed by atoms with Gasteiger partial charge in [0, 0.05) is 62.2 Å². The monoisotopic (exact) mass is 364 g/mol. The number of rotatable bonds is 4. The van der Waals surface area contributed by atoms with Gasteiger partial charge in [0.15, 0.2) is 0 Å². The predicted molar refractivity (Wildman–Crippen MR) is 104 cm³/mol. The first-order valence-electron chi connectivity index (χ1n) is 8.91. The van der Waals surface area contributed by atoms with E-state index >= 15 is 0 Å². The summed E-state index contributed by atoms with van der Waals surface area (Å²) in [6.07, 6.45) is 4.09. The average molecular weight is 365 g/mol. The summed E-state index contributed by atoms with van der Waals surface area (Å²) in [5, 5.41) is 10.3. The van der Waals surface area contributed by atoms with Gasteiger partial charge in [-0.2, -0.15) is 5.26 Å². The number of nitriles is 1. The minimum absolute atomic E-state index is 0.784. The summed E-state index contributed by atoms with van der Waals surface area (Å²) in [7, 11) is 0. The van der Waals surface area contributed by atoms with Gasteiger partial charge in [0.1, 0.15) is 6.07 Å². The number of benzene rings is 1. The third-order valence-corrected chi connectivity index (χ3v) is 5.30. The van der Waals surface area contributed by atoms with Crippen LogP contribution < -0.4 is 0 Å². The van der Waals surface area contributed by atoms with Crippen molar-refractivity contribution in [2.24, 2.45) is 0 Å². The molecule has 2 aromatic heterocycles. The van der Waals surface area contributed by atoms with E-state index in [1.807, 2.05) is 40.9 Å². The van der Waals surface area contributed by atoms with Gasteiger partial charge >= 0.3 is 0 Å². The van der Waals surface area contributed by atoms with E-state index in [2.05, 4.69) is 34.2 Å². The predicted octanol–water partition coefficient (Wildman–Crippen LogP) is 3.78. The van der Waals surface area contributed by atoms with Crippen LogP contribution in [0.3, 0.4) is 0 Å². The van der Waals surface area contributed by atoms with E-state index in [1.54, 1.807) is 0 Å². The Morgan fingerprint density at radius 2 is 1.62 bits per heavy atom. The maximum absolute atomic E-state index is 9.56. The topological polar surface area (TPSA) is 34.7 Å². The van der Waals surface area contributed by atoms with E-state index in [4.69, 9.17) is 11.6 Å². The largest absolute Gasteiger partial charge is 0.322 e. The molecule has 1 aliphatic rings. The normalized spacial score (nSPS) is 16.0. The molecule has 1 fully saturated rings. The number of hydrogen-bond donors (Lipinski definition) is 0. The van der Waals surface area contributed by atoms with Crippen molar-refractivity contribution in [3.05, 3.63) is 76.6 Å². The van der Waals surface area contributed by atoms with Crippen LogP contribution in [0.5, 0.6) is 0 Å². The maximum Gasteiger partial charge on any atom is 0.102 e. The van der Waals surface area contributed by atoms with Gasteiger partial charge < -0.3 is 4.40 Å². The lowest BCUT2D eigenvalue weighted by Crippen LogP contribution is -2.45. The molecule has 1 aromatic carbocycles. The van der Waals surface area contributed by atoms with Crippen LogP contribution in [-0.2, 0) is 13.1 Å². The van der Waals surface area contributed by atoms with Gasteiger partial charge in [0.05, 0.1) is 11.1 Å². The Bertz CT molecular complexity index is 931. The quantitative estimate of drug-likeness (QED) is 0.706. The molecule has 0 bridgehead atoms. The molecule has 1 saturated heterocycles. The molecule has 3 heterocycles. The fourth-order valence-electron chi connectivity index (χ4n) is 3.62. The molecule has 26 heavy (non-hydrogen) atoms. The lowest BCUT2D eigenvalue weighted by atomic mass is 10.1. The third-order valence-electron chi connectivity index (χ3n) is 5.05. The van der Waals surface area contributed by atoms with Crippen LogP contribution in [0.1, 0.15) is 16.7 Å². The van der Waals surface area contributed by atoms with Gasteiger partial charge in [0.25, 0.3) is 0 Å². The van der Waals surface area contributed by atoms with E-state index in [9.17, 15) is 5.26 Å². The van der Waals surface area contributed by atoms with Crippen LogP contribution in [-0.4, -0.2) is 40.4 Å². The second kappa shape index (κ2) is 7.51. The molecule has 0 N–H and O–H groups in total. The zero-order valence-electron chi connectivity index (χ0n) is 14.6. The van der Waals surface area contributed by atoms with Crippen LogP contribution in [0, 0.1) is 11.3 Å². The van der Waals surface area contributed by atoms with Gasteiger partial charge in [-0.25, -0.2) is 0 Å². The van der Waals surface area contributed by atoms with Gasteiger partial charge in [-0.1, -0.05) is 29.8 Å². The summed E-state index contributed by atoms with van der Waals surface area (Å²) in [6, 6.07) is 16.5. The first kappa shape index (κ1) is 17.1. The number of nitrogens with zero attached hydrogens (tertiary/aromatic N) is 4. The third kappa shape index (κ3) is 3.61. The van der Waals surface area contributed by atoms with E-state index in [0.717, 1.165) is 60.9 Å². The molecule has 0 amide bonds. The standard InChI is InChI=1S/C21H21ClN4/c22-19-6-4-17(5-7-19)14-24-9-11-25(12-10-24)15-18-16-26-8-2-1-3-21(26)20(18)13-23/h1-8,16H,9-12,14-15H2. The van der Waals surface area contributed by atoms with E-state index < -0.39 is 0 Å². The van der Waals surface area contributed by atoms with Gasteiger partial charge in [-0.3, -0.25) is 9.80 Å². The highest BCUT2D eigenvalue weighted by Gasteiger charge is 2.19. The number of aromatic nitrogens is 1. The van der Waals surface area contributed by atoms with Crippen molar-refractivity contribution in [3.8, 4) is 6.07 Å². The van der Waals surface area contributed by atoms with E-state index in [-0.39, 0.29) is 0 Å². The minimum atomic E-state index is 0.784. The van der Waals surface area contributed by atoms with Crippen LogP contribution in [0.4, 0.5) is 0 Å². The molecule has 5 heteroatoms. The van der Waals surface area contributed by atoms with E-state index in [0.29, 0.717) is 0 Å². The molecule has 4 rings (SSSR count). The van der Waals surface area contributed by atoms with Crippen LogP contribution in [0.2, 0.25) is 5.02 Å². The summed E-state index contributed by atoms with van der Waals surface area (Å²) < 4.78 is 2.05. The molecule has 0 unspecified atom stereocenters. The second-order valence-corrected chi connectivity index (χ2v) is 7.25. The number of pyridine rings is 1. The molecule has 0 radical (unpaired) electrons. The smallest absolute Gasteiger partial charge is 0.102 e. The van der Waals surface area contributed by atoms with Crippen molar-refractivity contribution >= 4 is 17.1 Å². The molecular weight excluding hydrogens is 344 g/mol. The van der Waals surface area contributed by atoms with Crippen LogP contribution >= 0.6 is 11.6 Å². The zero-order valence-corrected chi connectivity index (χ0v) is 15.4. The van der Waals surface area contributed by atoms with Crippen molar-refractivity contribution in [1.82, 2.24) is 14.2 Å². The Morgan fingerprint density at radius 1 is 0.923 bits per heavy atom. The molecule has 0 saturated carbocycles. The summed E-state index contributed by atoms with van der Waals surface area (Å²) in [6.45, 7) is 5.91. The fraction of sp³-hybridized carbons (Fsp3) is 0.286. The summed E-state index contributed by atoms with van der Waals surface area (Å²) >= 11 is 5.96. The molecule has 132 valence electrons. The summed E-state index contributed by atoms with van der Waals surface area (Å²) in [5.41, 5.74) is 4.21. The molecule has 0 spiro atoms. The number of halogens is 1. The Balaban J connectivity index is 1.38. The Morgan fingerprint density at radius 3 is 2.31 bits per heavy atom. The van der Waals surface area contributed by atoms with Crippen molar-refractivity contribution in [2.75, 3.05) is 26.2 Å². The molecule has 4 nitrogen and oxygen atoms in total. The van der Waals surface area contributed by atoms with Crippen molar-refractivity contribution in [1.29, 1.82) is 5.26 Å². The Labute approximate surface area is 158 Å². The van der Waals surface area contributed by atoms with Crippen molar-refractivity contribution < 1.29 is 0 Å². The van der Waals surface area contributed by atoms with Gasteiger partial charge in [-0.15, -0.1) is 0 Å². The number of piperazine rings is 1. The van der Waals surface area contributed by atoms with Crippen molar-refractivity contribution in [3.63, 3.8) is 0 Å². The molecule has 0 aliphatic carbocycles. The highest BCUT2D eigenvalue weighted by atomic mass is 35.5. The van der Waals surface area contributed by atoms with Gasteiger partial charge in [-0.05, 0) is 29.8 Å². The van der Waals surface area contributed by atoms with Gasteiger partial charge in [0.2, 0.25) is 0 Å².